The highest BCUT2D eigenvalue weighted by Gasteiger charge is 2.13. The summed E-state index contributed by atoms with van der Waals surface area (Å²) in [6.07, 6.45) is 0. The molecule has 0 saturated carbocycles. The van der Waals surface area contributed by atoms with Gasteiger partial charge in [0.05, 0.1) is 24.6 Å². The quantitative estimate of drug-likeness (QED) is 0.529. The normalized spacial score (nSPS) is 15.2. The van der Waals surface area contributed by atoms with Crippen molar-refractivity contribution in [3.05, 3.63) is 68.8 Å². The predicted molar refractivity (Wildman–Crippen MR) is 121 cm³/mol. The summed E-state index contributed by atoms with van der Waals surface area (Å²) in [6.45, 7) is 9.73. The van der Waals surface area contributed by atoms with Crippen LogP contribution in [0.5, 0.6) is 0 Å². The number of morpholine rings is 1. The summed E-state index contributed by atoms with van der Waals surface area (Å²) in [5.41, 5.74) is 5.83. The number of halogens is 2. The molecule has 1 aromatic heterocycles. The van der Waals surface area contributed by atoms with Gasteiger partial charge in [-0.15, -0.1) is 11.3 Å². The SMILES string of the molecule is Cc1ccc(N=c2scc(-c3ccc(Cl)cc3)n2CCN2CCOCC2)c(C)c1.[Br-]. The van der Waals surface area contributed by atoms with E-state index >= 15 is 0 Å². The van der Waals surface area contributed by atoms with Crippen LogP contribution in [0.2, 0.25) is 5.02 Å². The second kappa shape index (κ2) is 10.7. The first-order valence-corrected chi connectivity index (χ1v) is 11.2. The van der Waals surface area contributed by atoms with E-state index in [4.69, 9.17) is 21.3 Å². The molecule has 7 heteroatoms. The van der Waals surface area contributed by atoms with Gasteiger partial charge < -0.3 is 26.3 Å². The van der Waals surface area contributed by atoms with Crippen LogP contribution in [-0.2, 0) is 11.3 Å². The molecule has 1 aliphatic heterocycles. The van der Waals surface area contributed by atoms with Crippen molar-refractivity contribution in [1.82, 2.24) is 9.47 Å². The van der Waals surface area contributed by atoms with Crippen LogP contribution >= 0.6 is 22.9 Å². The minimum Gasteiger partial charge on any atom is -1.00 e. The molecule has 1 aliphatic rings. The summed E-state index contributed by atoms with van der Waals surface area (Å²) in [7, 11) is 0. The molecule has 0 amide bonds. The van der Waals surface area contributed by atoms with Crippen LogP contribution in [0.15, 0.2) is 52.8 Å². The lowest BCUT2D eigenvalue weighted by Crippen LogP contribution is -3.00. The lowest BCUT2D eigenvalue weighted by Gasteiger charge is -2.26. The summed E-state index contributed by atoms with van der Waals surface area (Å²) in [4.78, 5) is 8.50. The van der Waals surface area contributed by atoms with Gasteiger partial charge in [-0.1, -0.05) is 41.4 Å². The van der Waals surface area contributed by atoms with E-state index in [0.717, 1.165) is 60.5 Å². The Bertz CT molecular complexity index is 1040. The van der Waals surface area contributed by atoms with Crippen LogP contribution in [0.1, 0.15) is 11.1 Å². The van der Waals surface area contributed by atoms with Gasteiger partial charge in [0.2, 0.25) is 0 Å². The first kappa shape index (κ1) is 23.2. The molecule has 3 aromatic rings. The van der Waals surface area contributed by atoms with Gasteiger partial charge in [-0.3, -0.25) is 4.90 Å². The molecule has 4 nitrogen and oxygen atoms in total. The Morgan fingerprint density at radius 1 is 1.03 bits per heavy atom. The topological polar surface area (TPSA) is 29.8 Å². The third-order valence-corrected chi connectivity index (χ3v) is 6.37. The van der Waals surface area contributed by atoms with Crippen LogP contribution in [0, 0.1) is 13.8 Å². The van der Waals surface area contributed by atoms with Crippen LogP contribution in [0.4, 0.5) is 5.69 Å². The maximum atomic E-state index is 6.10. The van der Waals surface area contributed by atoms with Crippen molar-refractivity contribution < 1.29 is 21.7 Å². The number of benzene rings is 2. The summed E-state index contributed by atoms with van der Waals surface area (Å²) in [5, 5.41) is 2.95. The van der Waals surface area contributed by atoms with E-state index < -0.39 is 0 Å². The molecule has 1 saturated heterocycles. The van der Waals surface area contributed by atoms with Crippen LogP contribution < -0.4 is 21.8 Å². The van der Waals surface area contributed by atoms with Gasteiger partial charge in [0.1, 0.15) is 0 Å². The van der Waals surface area contributed by atoms with Crippen molar-refractivity contribution in [3.8, 4) is 11.3 Å². The Morgan fingerprint density at radius 3 is 2.47 bits per heavy atom. The second-order valence-electron chi connectivity index (χ2n) is 7.42. The lowest BCUT2D eigenvalue weighted by molar-refractivity contribution is -0.00000745. The van der Waals surface area contributed by atoms with E-state index in [9.17, 15) is 0 Å². The van der Waals surface area contributed by atoms with Gasteiger partial charge in [-0.25, -0.2) is 4.99 Å². The maximum Gasteiger partial charge on any atom is 0.190 e. The van der Waals surface area contributed by atoms with Crippen LogP contribution in [0.25, 0.3) is 11.3 Å². The van der Waals surface area contributed by atoms with Crippen molar-refractivity contribution in [2.24, 2.45) is 4.99 Å². The van der Waals surface area contributed by atoms with Crippen molar-refractivity contribution in [1.29, 1.82) is 0 Å². The van der Waals surface area contributed by atoms with Gasteiger partial charge in [-0.05, 0) is 43.2 Å². The number of aryl methyl sites for hydroxylation is 2. The van der Waals surface area contributed by atoms with Gasteiger partial charge >= 0.3 is 0 Å². The first-order valence-electron chi connectivity index (χ1n) is 9.96. The monoisotopic (exact) mass is 506 g/mol. The third-order valence-electron chi connectivity index (χ3n) is 5.25. The molecule has 0 unspecified atom stereocenters. The lowest BCUT2D eigenvalue weighted by atomic mass is 10.1. The van der Waals surface area contributed by atoms with E-state index in [1.807, 2.05) is 12.1 Å². The minimum atomic E-state index is 0. The molecule has 0 radical (unpaired) electrons. The fourth-order valence-electron chi connectivity index (χ4n) is 3.59. The largest absolute Gasteiger partial charge is 1.00 e. The smallest absolute Gasteiger partial charge is 0.190 e. The molecule has 2 heterocycles. The first-order chi connectivity index (χ1) is 14.1. The molecule has 2 aromatic carbocycles. The summed E-state index contributed by atoms with van der Waals surface area (Å²) < 4.78 is 7.83. The summed E-state index contributed by atoms with van der Waals surface area (Å²) >= 11 is 7.79. The zero-order valence-corrected chi connectivity index (χ0v) is 20.4. The summed E-state index contributed by atoms with van der Waals surface area (Å²) in [5.74, 6) is 0. The molecule has 0 atom stereocenters. The Labute approximate surface area is 197 Å². The van der Waals surface area contributed by atoms with Gasteiger partial charge in [0, 0.05) is 36.6 Å². The highest BCUT2D eigenvalue weighted by Crippen LogP contribution is 2.24. The number of rotatable bonds is 5. The van der Waals surface area contributed by atoms with Crippen molar-refractivity contribution in [2.75, 3.05) is 32.8 Å². The van der Waals surface area contributed by atoms with E-state index in [1.54, 1.807) is 11.3 Å². The number of hydrogen-bond donors (Lipinski definition) is 0. The average Bonchev–Trinajstić information content (AvgIpc) is 3.12. The van der Waals surface area contributed by atoms with Gasteiger partial charge in [0.15, 0.2) is 4.80 Å². The third kappa shape index (κ3) is 5.62. The molecular formula is C23H26BrClN3OS-. The molecule has 0 spiro atoms. The van der Waals surface area contributed by atoms with Crippen LogP contribution in [0.3, 0.4) is 0 Å². The number of aromatic nitrogens is 1. The Kier molecular flexibility index (Phi) is 8.31. The standard InChI is InChI=1S/C23H26ClN3OS.BrH/c1-17-3-8-21(18(2)15-17)25-23-27(10-9-26-11-13-28-14-12-26)22(16-29-23)19-4-6-20(24)7-5-19;/h3-8,15-16H,9-14H2,1-2H3;1H/p-1. The molecule has 1 fully saturated rings. The van der Waals surface area contributed by atoms with Crippen LogP contribution in [-0.4, -0.2) is 42.3 Å². The number of ether oxygens (including phenoxy) is 1. The zero-order chi connectivity index (χ0) is 20.2. The molecule has 0 aliphatic carbocycles. The van der Waals surface area contributed by atoms with E-state index in [2.05, 4.69) is 59.0 Å². The van der Waals surface area contributed by atoms with E-state index in [-0.39, 0.29) is 17.0 Å². The molecule has 160 valence electrons. The molecule has 0 bridgehead atoms. The molecule has 4 rings (SSSR count). The second-order valence-corrected chi connectivity index (χ2v) is 8.69. The predicted octanol–water partition coefficient (Wildman–Crippen LogP) is 2.06. The molecule has 30 heavy (non-hydrogen) atoms. The van der Waals surface area contributed by atoms with Crippen molar-refractivity contribution >= 4 is 28.6 Å². The van der Waals surface area contributed by atoms with Gasteiger partial charge in [-0.2, -0.15) is 0 Å². The van der Waals surface area contributed by atoms with E-state index in [0.29, 0.717) is 0 Å². The Balaban J connectivity index is 0.00000256. The Morgan fingerprint density at radius 2 is 1.77 bits per heavy atom. The van der Waals surface area contributed by atoms with Gasteiger partial charge in [0.25, 0.3) is 0 Å². The highest BCUT2D eigenvalue weighted by molar-refractivity contribution is 7.07. The molecule has 0 N–H and O–H groups in total. The number of nitrogens with zero attached hydrogens (tertiary/aromatic N) is 3. The zero-order valence-electron chi connectivity index (χ0n) is 17.3. The minimum absolute atomic E-state index is 0. The molecular weight excluding hydrogens is 482 g/mol. The van der Waals surface area contributed by atoms with Crippen molar-refractivity contribution in [3.63, 3.8) is 0 Å². The summed E-state index contributed by atoms with van der Waals surface area (Å²) in [6, 6.07) is 14.5. The highest BCUT2D eigenvalue weighted by atomic mass is 79.9. The van der Waals surface area contributed by atoms with E-state index in [1.165, 1.54) is 16.8 Å². The fourth-order valence-corrected chi connectivity index (χ4v) is 4.66. The Hall–Kier alpha value is -1.44. The number of hydrogen-bond acceptors (Lipinski definition) is 4. The maximum absolute atomic E-state index is 6.10. The number of thiazole rings is 1. The average molecular weight is 508 g/mol. The van der Waals surface area contributed by atoms with Crippen molar-refractivity contribution in [2.45, 2.75) is 20.4 Å². The fraction of sp³-hybridized carbons (Fsp3) is 0.348.